The molecule has 1 atom stereocenters. The van der Waals surface area contributed by atoms with Crippen molar-refractivity contribution in [3.8, 4) is 0 Å². The minimum atomic E-state index is -0.838. The van der Waals surface area contributed by atoms with Gasteiger partial charge in [0.25, 0.3) is 5.91 Å². The summed E-state index contributed by atoms with van der Waals surface area (Å²) in [6.07, 6.45) is 0.795. The van der Waals surface area contributed by atoms with Gasteiger partial charge in [-0.05, 0) is 23.6 Å². The van der Waals surface area contributed by atoms with Gasteiger partial charge in [-0.3, -0.25) is 9.59 Å². The Kier molecular flexibility index (Phi) is 6.73. The van der Waals surface area contributed by atoms with Crippen LogP contribution in [0.4, 0.5) is 0 Å². The summed E-state index contributed by atoms with van der Waals surface area (Å²) < 4.78 is 5.00. The molecule has 0 radical (unpaired) electrons. The number of benzene rings is 1. The lowest BCUT2D eigenvalue weighted by atomic mass is 10.0. The van der Waals surface area contributed by atoms with E-state index < -0.39 is 5.97 Å². The van der Waals surface area contributed by atoms with Crippen molar-refractivity contribution in [2.75, 3.05) is 13.7 Å². The Morgan fingerprint density at radius 2 is 1.95 bits per heavy atom. The smallest absolute Gasteiger partial charge is 0.303 e. The zero-order valence-corrected chi connectivity index (χ0v) is 11.9. The van der Waals surface area contributed by atoms with Crippen molar-refractivity contribution in [2.24, 2.45) is 5.92 Å². The van der Waals surface area contributed by atoms with Crippen LogP contribution in [0.1, 0.15) is 35.7 Å². The number of hydrogen-bond donors (Lipinski definition) is 2. The monoisotopic (exact) mass is 279 g/mol. The number of amides is 1. The van der Waals surface area contributed by atoms with Gasteiger partial charge in [-0.25, -0.2) is 0 Å². The number of rotatable bonds is 8. The number of methoxy groups -OCH3 is 1. The predicted molar refractivity (Wildman–Crippen MR) is 75.5 cm³/mol. The Bertz CT molecular complexity index is 442. The quantitative estimate of drug-likeness (QED) is 0.763. The summed E-state index contributed by atoms with van der Waals surface area (Å²) in [4.78, 5) is 22.6. The van der Waals surface area contributed by atoms with Crippen LogP contribution in [0.5, 0.6) is 0 Å². The number of carbonyl (C=O) groups is 2. The molecule has 0 aliphatic heterocycles. The summed E-state index contributed by atoms with van der Waals surface area (Å²) in [5, 5.41) is 11.5. The van der Waals surface area contributed by atoms with E-state index in [1.54, 1.807) is 19.2 Å². The molecule has 0 aliphatic carbocycles. The first-order chi connectivity index (χ1) is 9.56. The molecule has 2 N–H and O–H groups in total. The highest BCUT2D eigenvalue weighted by atomic mass is 16.5. The largest absolute Gasteiger partial charge is 0.481 e. The van der Waals surface area contributed by atoms with Crippen molar-refractivity contribution in [3.05, 3.63) is 35.4 Å². The molecule has 1 aromatic carbocycles. The van der Waals surface area contributed by atoms with Crippen LogP contribution >= 0.6 is 0 Å². The molecule has 5 heteroatoms. The maximum Gasteiger partial charge on any atom is 0.303 e. The highest BCUT2D eigenvalue weighted by Crippen LogP contribution is 2.08. The van der Waals surface area contributed by atoms with Crippen molar-refractivity contribution in [3.63, 3.8) is 0 Å². The van der Waals surface area contributed by atoms with E-state index in [2.05, 4.69) is 5.32 Å². The second-order valence-corrected chi connectivity index (χ2v) is 4.71. The molecule has 110 valence electrons. The molecule has 0 aliphatic rings. The zero-order valence-electron chi connectivity index (χ0n) is 11.9. The minimum absolute atomic E-state index is 0.0378. The van der Waals surface area contributed by atoms with Gasteiger partial charge in [0.2, 0.25) is 0 Å². The van der Waals surface area contributed by atoms with Gasteiger partial charge < -0.3 is 15.2 Å². The van der Waals surface area contributed by atoms with Crippen molar-refractivity contribution >= 4 is 11.9 Å². The predicted octanol–water partition coefficient (Wildman–Crippen LogP) is 2.06. The van der Waals surface area contributed by atoms with Gasteiger partial charge in [-0.1, -0.05) is 25.5 Å². The molecule has 1 aromatic rings. The SMILES string of the molecule is CCC(CNC(=O)c1ccc(COC)cc1)CC(=O)O. The lowest BCUT2D eigenvalue weighted by Gasteiger charge is -2.13. The molecule has 1 rings (SSSR count). The van der Waals surface area contributed by atoms with E-state index in [4.69, 9.17) is 9.84 Å². The fraction of sp³-hybridized carbons (Fsp3) is 0.467. The molecule has 1 unspecified atom stereocenters. The molecule has 0 heterocycles. The van der Waals surface area contributed by atoms with E-state index in [0.717, 1.165) is 12.0 Å². The molecule has 0 aromatic heterocycles. The Hall–Kier alpha value is -1.88. The average molecular weight is 279 g/mol. The van der Waals surface area contributed by atoms with Crippen LogP contribution in [0.2, 0.25) is 0 Å². The van der Waals surface area contributed by atoms with Gasteiger partial charge in [0, 0.05) is 25.6 Å². The van der Waals surface area contributed by atoms with Crippen LogP contribution in [-0.2, 0) is 16.1 Å². The summed E-state index contributed by atoms with van der Waals surface area (Å²) in [5.74, 6) is -1.06. The number of aliphatic carboxylic acids is 1. The van der Waals surface area contributed by atoms with Crippen LogP contribution in [0.3, 0.4) is 0 Å². The summed E-state index contributed by atoms with van der Waals surface area (Å²) in [5.41, 5.74) is 1.57. The Labute approximate surface area is 118 Å². The zero-order chi connectivity index (χ0) is 15.0. The van der Waals surface area contributed by atoms with E-state index in [1.165, 1.54) is 0 Å². The topological polar surface area (TPSA) is 75.6 Å². The molecule has 0 saturated heterocycles. The molecule has 0 fully saturated rings. The first kappa shape index (κ1) is 16.2. The molecule has 1 amide bonds. The van der Waals surface area contributed by atoms with E-state index in [1.807, 2.05) is 19.1 Å². The third-order valence-corrected chi connectivity index (χ3v) is 3.12. The van der Waals surface area contributed by atoms with Gasteiger partial charge in [0.15, 0.2) is 0 Å². The highest BCUT2D eigenvalue weighted by molar-refractivity contribution is 5.94. The summed E-state index contributed by atoms with van der Waals surface area (Å²) in [6, 6.07) is 7.16. The summed E-state index contributed by atoms with van der Waals surface area (Å²) in [7, 11) is 1.62. The summed E-state index contributed by atoms with van der Waals surface area (Å²) in [6.45, 7) is 2.80. The fourth-order valence-electron chi connectivity index (χ4n) is 1.87. The van der Waals surface area contributed by atoms with Crippen molar-refractivity contribution in [1.29, 1.82) is 0 Å². The maximum absolute atomic E-state index is 11.9. The number of carbonyl (C=O) groups excluding carboxylic acids is 1. The lowest BCUT2D eigenvalue weighted by molar-refractivity contribution is -0.138. The number of carboxylic acid groups (broad SMARTS) is 1. The Morgan fingerprint density at radius 1 is 1.30 bits per heavy atom. The standard InChI is InChI=1S/C15H21NO4/c1-3-11(8-14(17)18)9-16-15(19)13-6-4-12(5-7-13)10-20-2/h4-7,11H,3,8-10H2,1-2H3,(H,16,19)(H,17,18). The van der Waals surface area contributed by atoms with E-state index >= 15 is 0 Å². The van der Waals surface area contributed by atoms with Crippen molar-refractivity contribution < 1.29 is 19.4 Å². The molecule has 5 nitrogen and oxygen atoms in total. The Balaban J connectivity index is 2.51. The highest BCUT2D eigenvalue weighted by Gasteiger charge is 2.13. The normalized spacial score (nSPS) is 11.9. The lowest BCUT2D eigenvalue weighted by Crippen LogP contribution is -2.30. The third kappa shape index (κ3) is 5.40. The number of nitrogens with one attached hydrogen (secondary N) is 1. The minimum Gasteiger partial charge on any atom is -0.481 e. The number of carboxylic acids is 1. The van der Waals surface area contributed by atoms with E-state index in [9.17, 15) is 9.59 Å². The fourth-order valence-corrected chi connectivity index (χ4v) is 1.87. The Morgan fingerprint density at radius 3 is 2.45 bits per heavy atom. The molecule has 20 heavy (non-hydrogen) atoms. The summed E-state index contributed by atoms with van der Waals surface area (Å²) >= 11 is 0. The molecular formula is C15H21NO4. The van der Waals surface area contributed by atoms with Crippen LogP contribution in [0.25, 0.3) is 0 Å². The van der Waals surface area contributed by atoms with Crippen LogP contribution in [0, 0.1) is 5.92 Å². The second-order valence-electron chi connectivity index (χ2n) is 4.71. The molecular weight excluding hydrogens is 258 g/mol. The molecule has 0 saturated carbocycles. The maximum atomic E-state index is 11.9. The van der Waals surface area contributed by atoms with Crippen LogP contribution < -0.4 is 5.32 Å². The van der Waals surface area contributed by atoms with Gasteiger partial charge in [0.1, 0.15) is 0 Å². The van der Waals surface area contributed by atoms with Gasteiger partial charge >= 0.3 is 5.97 Å². The van der Waals surface area contributed by atoms with Gasteiger partial charge in [0.05, 0.1) is 6.61 Å². The van der Waals surface area contributed by atoms with Crippen molar-refractivity contribution in [1.82, 2.24) is 5.32 Å². The van der Waals surface area contributed by atoms with Crippen LogP contribution in [-0.4, -0.2) is 30.6 Å². The van der Waals surface area contributed by atoms with Crippen LogP contribution in [0.15, 0.2) is 24.3 Å². The van der Waals surface area contributed by atoms with E-state index in [0.29, 0.717) is 18.7 Å². The van der Waals surface area contributed by atoms with Gasteiger partial charge in [-0.15, -0.1) is 0 Å². The van der Waals surface area contributed by atoms with Gasteiger partial charge in [-0.2, -0.15) is 0 Å². The van der Waals surface area contributed by atoms with Crippen molar-refractivity contribution in [2.45, 2.75) is 26.4 Å². The third-order valence-electron chi connectivity index (χ3n) is 3.12. The average Bonchev–Trinajstić information content (AvgIpc) is 2.44. The second kappa shape index (κ2) is 8.32. The number of ether oxygens (including phenoxy) is 1. The number of hydrogen-bond acceptors (Lipinski definition) is 3. The molecule has 0 bridgehead atoms. The first-order valence-electron chi connectivity index (χ1n) is 6.64. The first-order valence-corrected chi connectivity index (χ1v) is 6.64. The molecule has 0 spiro atoms. The van der Waals surface area contributed by atoms with E-state index in [-0.39, 0.29) is 18.2 Å².